The number of carbonyl (C=O) groups is 1. The molecule has 0 radical (unpaired) electrons. The first kappa shape index (κ1) is 18.0. The number of rotatable bonds is 6. The zero-order valence-corrected chi connectivity index (χ0v) is 15.2. The molecule has 1 amide bonds. The zero-order valence-electron chi connectivity index (χ0n) is 14.4. The minimum Gasteiger partial charge on any atom is -0.472 e. The van der Waals surface area contributed by atoms with E-state index in [2.05, 4.69) is 20.4 Å². The molecule has 142 valence electrons. The minimum absolute atomic E-state index is 0.0803. The fourth-order valence-corrected chi connectivity index (χ4v) is 3.23. The van der Waals surface area contributed by atoms with E-state index in [-0.39, 0.29) is 17.5 Å². The van der Waals surface area contributed by atoms with Crippen molar-refractivity contribution in [2.75, 3.05) is 5.75 Å². The van der Waals surface area contributed by atoms with Crippen molar-refractivity contribution in [2.24, 2.45) is 0 Å². The molecule has 0 aliphatic rings. The Bertz CT molecular complexity index is 1170. The fourth-order valence-electron chi connectivity index (χ4n) is 2.55. The van der Waals surface area contributed by atoms with Crippen molar-refractivity contribution in [2.45, 2.75) is 11.7 Å². The largest absolute Gasteiger partial charge is 0.472 e. The van der Waals surface area contributed by atoms with Crippen molar-refractivity contribution in [3.63, 3.8) is 0 Å². The summed E-state index contributed by atoms with van der Waals surface area (Å²) in [6.07, 6.45) is 4.58. The smallest absolute Gasteiger partial charge is 0.350 e. The standard InChI is InChI=1S/C18H14FN5O3S/c19-13-3-1-12(2-4-13)14-8-21-24-16(14)22-17(23-18(24)26)28-10-15(25)20-7-11-5-6-27-9-11/h1-6,8-9H,7,10H2,(H,20,25)(H,22,23,26). The third kappa shape index (κ3) is 3.81. The second kappa shape index (κ2) is 7.69. The number of aromatic amines is 1. The van der Waals surface area contributed by atoms with Crippen molar-refractivity contribution in [3.05, 3.63) is 70.9 Å². The number of hydrogen-bond acceptors (Lipinski definition) is 6. The molecule has 4 aromatic rings. The van der Waals surface area contributed by atoms with E-state index in [4.69, 9.17) is 4.42 Å². The minimum atomic E-state index is -0.473. The molecule has 4 rings (SSSR count). The van der Waals surface area contributed by atoms with Gasteiger partial charge in [0.05, 0.1) is 24.5 Å². The van der Waals surface area contributed by atoms with Crippen molar-refractivity contribution in [1.82, 2.24) is 24.9 Å². The number of amides is 1. The Hall–Kier alpha value is -3.40. The van der Waals surface area contributed by atoms with Gasteiger partial charge in [0.2, 0.25) is 5.91 Å². The van der Waals surface area contributed by atoms with Gasteiger partial charge in [-0.25, -0.2) is 14.2 Å². The molecule has 28 heavy (non-hydrogen) atoms. The number of furan rings is 1. The zero-order chi connectivity index (χ0) is 19.5. The summed E-state index contributed by atoms with van der Waals surface area (Å²) in [5.74, 6) is -0.485. The average Bonchev–Trinajstić information content (AvgIpc) is 3.35. The molecule has 0 atom stereocenters. The molecule has 0 spiro atoms. The van der Waals surface area contributed by atoms with Gasteiger partial charge in [0.15, 0.2) is 10.8 Å². The van der Waals surface area contributed by atoms with Crippen LogP contribution in [0.1, 0.15) is 5.56 Å². The van der Waals surface area contributed by atoms with Crippen LogP contribution in [0.15, 0.2) is 63.4 Å². The van der Waals surface area contributed by atoms with E-state index < -0.39 is 5.69 Å². The Morgan fingerprint density at radius 2 is 2.11 bits per heavy atom. The molecule has 2 N–H and O–H groups in total. The van der Waals surface area contributed by atoms with Crippen molar-refractivity contribution in [1.29, 1.82) is 0 Å². The summed E-state index contributed by atoms with van der Waals surface area (Å²) < 4.78 is 19.2. The number of thioether (sulfide) groups is 1. The van der Waals surface area contributed by atoms with Crippen molar-refractivity contribution >= 4 is 23.3 Å². The van der Waals surface area contributed by atoms with Crippen LogP contribution in [-0.2, 0) is 11.3 Å². The topological polar surface area (TPSA) is 105 Å². The molecule has 0 aliphatic heterocycles. The normalized spacial score (nSPS) is 11.0. The quantitative estimate of drug-likeness (QED) is 0.482. The fraction of sp³-hybridized carbons (Fsp3) is 0.111. The summed E-state index contributed by atoms with van der Waals surface area (Å²) in [6, 6.07) is 7.59. The summed E-state index contributed by atoms with van der Waals surface area (Å²) in [5, 5.41) is 7.07. The molecule has 0 saturated heterocycles. The number of benzene rings is 1. The van der Waals surface area contributed by atoms with Gasteiger partial charge in [0, 0.05) is 17.7 Å². The lowest BCUT2D eigenvalue weighted by Gasteiger charge is -2.04. The van der Waals surface area contributed by atoms with Gasteiger partial charge >= 0.3 is 5.69 Å². The molecule has 0 unspecified atom stereocenters. The van der Waals surface area contributed by atoms with E-state index in [0.717, 1.165) is 21.8 Å². The van der Waals surface area contributed by atoms with Crippen LogP contribution in [0.4, 0.5) is 4.39 Å². The van der Waals surface area contributed by atoms with Crippen LogP contribution >= 0.6 is 11.8 Å². The Morgan fingerprint density at radius 3 is 2.86 bits per heavy atom. The number of H-pyrrole nitrogens is 1. The molecule has 0 saturated carbocycles. The first-order valence-corrected chi connectivity index (χ1v) is 9.23. The first-order valence-electron chi connectivity index (χ1n) is 8.25. The third-order valence-corrected chi connectivity index (χ3v) is 4.80. The van der Waals surface area contributed by atoms with Crippen LogP contribution in [0.25, 0.3) is 16.8 Å². The van der Waals surface area contributed by atoms with Crippen LogP contribution in [0.3, 0.4) is 0 Å². The molecule has 10 heteroatoms. The Labute approximate surface area is 161 Å². The van der Waals surface area contributed by atoms with Gasteiger partial charge in [0.1, 0.15) is 5.82 Å². The van der Waals surface area contributed by atoms with E-state index in [9.17, 15) is 14.0 Å². The summed E-state index contributed by atoms with van der Waals surface area (Å²) in [7, 11) is 0. The number of nitrogens with zero attached hydrogens (tertiary/aromatic N) is 3. The second-order valence-electron chi connectivity index (χ2n) is 5.84. The van der Waals surface area contributed by atoms with Crippen LogP contribution in [0.5, 0.6) is 0 Å². The van der Waals surface area contributed by atoms with Gasteiger partial charge in [-0.15, -0.1) is 0 Å². The highest BCUT2D eigenvalue weighted by Crippen LogP contribution is 2.23. The number of carbonyl (C=O) groups excluding carboxylic acids is 1. The lowest BCUT2D eigenvalue weighted by molar-refractivity contribution is -0.118. The predicted molar refractivity (Wildman–Crippen MR) is 100 cm³/mol. The molecular weight excluding hydrogens is 385 g/mol. The molecule has 0 fully saturated rings. The van der Waals surface area contributed by atoms with Crippen LogP contribution in [-0.4, -0.2) is 31.2 Å². The summed E-state index contributed by atoms with van der Waals surface area (Å²) in [5.41, 5.74) is 1.99. The monoisotopic (exact) mass is 399 g/mol. The lowest BCUT2D eigenvalue weighted by Crippen LogP contribution is -2.25. The summed E-state index contributed by atoms with van der Waals surface area (Å²) >= 11 is 1.10. The van der Waals surface area contributed by atoms with Gasteiger partial charge in [0.25, 0.3) is 0 Å². The van der Waals surface area contributed by atoms with Crippen LogP contribution in [0.2, 0.25) is 0 Å². The Kier molecular flexibility index (Phi) is 4.94. The third-order valence-electron chi connectivity index (χ3n) is 3.92. The van der Waals surface area contributed by atoms with Gasteiger partial charge in [-0.1, -0.05) is 23.9 Å². The lowest BCUT2D eigenvalue weighted by atomic mass is 10.1. The number of nitrogens with one attached hydrogen (secondary N) is 2. The highest BCUT2D eigenvalue weighted by Gasteiger charge is 2.13. The van der Waals surface area contributed by atoms with E-state index in [0.29, 0.717) is 28.5 Å². The maximum Gasteiger partial charge on any atom is 0.350 e. The number of halogens is 1. The van der Waals surface area contributed by atoms with E-state index in [1.54, 1.807) is 24.5 Å². The highest BCUT2D eigenvalue weighted by molar-refractivity contribution is 7.99. The average molecular weight is 399 g/mol. The van der Waals surface area contributed by atoms with E-state index >= 15 is 0 Å². The highest BCUT2D eigenvalue weighted by atomic mass is 32.2. The summed E-state index contributed by atoms with van der Waals surface area (Å²) in [4.78, 5) is 31.2. The molecular formula is C18H14FN5O3S. The number of fused-ring (bicyclic) bond motifs is 1. The molecule has 3 aromatic heterocycles. The Morgan fingerprint density at radius 1 is 1.29 bits per heavy atom. The predicted octanol–water partition coefficient (Wildman–Crippen LogP) is 2.23. The van der Waals surface area contributed by atoms with Gasteiger partial charge in [-0.05, 0) is 23.8 Å². The molecule has 3 heterocycles. The van der Waals surface area contributed by atoms with E-state index in [1.807, 2.05) is 0 Å². The van der Waals surface area contributed by atoms with Crippen LogP contribution in [0, 0.1) is 5.82 Å². The maximum absolute atomic E-state index is 13.2. The molecule has 1 aromatic carbocycles. The maximum atomic E-state index is 13.2. The SMILES string of the molecule is O=C(CSc1nc2c(-c3ccc(F)cc3)cnn2c(=O)[nH]1)NCc1ccoc1. The molecule has 0 aliphatic carbocycles. The van der Waals surface area contributed by atoms with Gasteiger partial charge in [-0.3, -0.25) is 9.78 Å². The molecule has 8 nitrogen and oxygen atoms in total. The first-order chi connectivity index (χ1) is 13.6. The van der Waals surface area contributed by atoms with Gasteiger partial charge < -0.3 is 9.73 Å². The van der Waals surface area contributed by atoms with Gasteiger partial charge in [-0.2, -0.15) is 9.61 Å². The van der Waals surface area contributed by atoms with Crippen LogP contribution < -0.4 is 11.0 Å². The molecule has 0 bridgehead atoms. The van der Waals surface area contributed by atoms with Crippen molar-refractivity contribution in [3.8, 4) is 11.1 Å². The Balaban J connectivity index is 1.51. The summed E-state index contributed by atoms with van der Waals surface area (Å²) in [6.45, 7) is 0.357. The van der Waals surface area contributed by atoms with Crippen molar-refractivity contribution < 1.29 is 13.6 Å². The number of aromatic nitrogens is 4. The van der Waals surface area contributed by atoms with E-state index in [1.165, 1.54) is 24.6 Å². The second-order valence-corrected chi connectivity index (χ2v) is 6.81. The number of hydrogen-bond donors (Lipinski definition) is 2.